The zero-order chi connectivity index (χ0) is 20.2. The second-order valence-corrected chi connectivity index (χ2v) is 7.73. The molecule has 0 bridgehead atoms. The molecule has 9 heteroatoms. The summed E-state index contributed by atoms with van der Waals surface area (Å²) in [6, 6.07) is 3.95. The summed E-state index contributed by atoms with van der Waals surface area (Å²) in [6.45, 7) is 5.04. The number of rotatable bonds is 6. The van der Waals surface area contributed by atoms with E-state index in [4.69, 9.17) is 26.8 Å². The highest BCUT2D eigenvalue weighted by Crippen LogP contribution is 2.23. The predicted octanol–water partition coefficient (Wildman–Crippen LogP) is 2.89. The first-order valence-corrected chi connectivity index (χ1v) is 8.95. The lowest BCUT2D eigenvalue weighted by molar-refractivity contribution is 0.0470. The van der Waals surface area contributed by atoms with E-state index in [1.54, 1.807) is 26.8 Å². The Morgan fingerprint density at radius 2 is 1.93 bits per heavy atom. The molecule has 1 atom stereocenters. The van der Waals surface area contributed by atoms with Crippen LogP contribution in [0, 0.1) is 0 Å². The first kappa shape index (κ1) is 20.8. The number of primary amides is 1. The van der Waals surface area contributed by atoms with E-state index in [1.165, 1.54) is 12.1 Å². The van der Waals surface area contributed by atoms with E-state index in [0.29, 0.717) is 5.56 Å². The minimum Gasteiger partial charge on any atom is -0.447 e. The number of ether oxygens (including phenoxy) is 2. The summed E-state index contributed by atoms with van der Waals surface area (Å²) < 4.78 is 10.5. The highest BCUT2D eigenvalue weighted by molar-refractivity contribution is 6.33. The molecule has 27 heavy (non-hydrogen) atoms. The minimum atomic E-state index is -0.750. The SMILES string of the molecule is CC(C)(C)OC(=O)N[C@H](COC(=O)NC1CC1)c1ccc(Cl)c(C(N)=O)c1. The highest BCUT2D eigenvalue weighted by atomic mass is 35.5. The van der Waals surface area contributed by atoms with Crippen LogP contribution in [-0.2, 0) is 9.47 Å². The number of benzene rings is 1. The van der Waals surface area contributed by atoms with Crippen LogP contribution in [0.25, 0.3) is 0 Å². The Balaban J connectivity index is 2.14. The van der Waals surface area contributed by atoms with Gasteiger partial charge in [-0.2, -0.15) is 0 Å². The maximum Gasteiger partial charge on any atom is 0.408 e. The molecule has 1 aliphatic rings. The number of hydrogen-bond acceptors (Lipinski definition) is 5. The molecule has 0 unspecified atom stereocenters. The van der Waals surface area contributed by atoms with Crippen LogP contribution in [0.4, 0.5) is 9.59 Å². The quantitative estimate of drug-likeness (QED) is 0.681. The van der Waals surface area contributed by atoms with Gasteiger partial charge >= 0.3 is 12.2 Å². The third-order valence-electron chi connectivity index (χ3n) is 3.63. The van der Waals surface area contributed by atoms with E-state index in [-0.39, 0.29) is 23.2 Å². The molecule has 0 aliphatic heterocycles. The van der Waals surface area contributed by atoms with Gasteiger partial charge in [0, 0.05) is 6.04 Å². The van der Waals surface area contributed by atoms with Gasteiger partial charge in [0.15, 0.2) is 0 Å². The van der Waals surface area contributed by atoms with Gasteiger partial charge in [-0.15, -0.1) is 0 Å². The van der Waals surface area contributed by atoms with Gasteiger partial charge in [0.25, 0.3) is 0 Å². The summed E-state index contributed by atoms with van der Waals surface area (Å²) in [4.78, 5) is 35.5. The summed E-state index contributed by atoms with van der Waals surface area (Å²) in [5.74, 6) is -0.703. The Labute approximate surface area is 162 Å². The molecule has 8 nitrogen and oxygen atoms in total. The number of nitrogens with one attached hydrogen (secondary N) is 2. The summed E-state index contributed by atoms with van der Waals surface area (Å²) >= 11 is 5.97. The van der Waals surface area contributed by atoms with Gasteiger partial charge in [0.2, 0.25) is 5.91 Å². The normalized spacial score (nSPS) is 14.8. The molecule has 2 rings (SSSR count). The molecular weight excluding hydrogens is 374 g/mol. The fourth-order valence-electron chi connectivity index (χ4n) is 2.21. The lowest BCUT2D eigenvalue weighted by atomic mass is 10.0. The Kier molecular flexibility index (Phi) is 6.54. The maximum absolute atomic E-state index is 12.2. The molecule has 1 aliphatic carbocycles. The fraction of sp³-hybridized carbons (Fsp3) is 0.500. The lowest BCUT2D eigenvalue weighted by Crippen LogP contribution is -2.38. The van der Waals surface area contributed by atoms with Crippen LogP contribution < -0.4 is 16.4 Å². The van der Waals surface area contributed by atoms with Crippen LogP contribution in [0.15, 0.2) is 18.2 Å². The minimum absolute atomic E-state index is 0.104. The molecule has 4 N–H and O–H groups in total. The number of carbonyl (C=O) groups excluding carboxylic acids is 3. The average Bonchev–Trinajstić information content (AvgIpc) is 3.33. The van der Waals surface area contributed by atoms with Crippen molar-refractivity contribution in [3.8, 4) is 0 Å². The number of hydrogen-bond donors (Lipinski definition) is 3. The van der Waals surface area contributed by atoms with Crippen molar-refractivity contribution in [3.05, 3.63) is 34.3 Å². The third-order valence-corrected chi connectivity index (χ3v) is 3.96. The van der Waals surface area contributed by atoms with Gasteiger partial charge in [-0.1, -0.05) is 17.7 Å². The summed E-state index contributed by atoms with van der Waals surface area (Å²) in [7, 11) is 0. The van der Waals surface area contributed by atoms with Crippen molar-refractivity contribution >= 4 is 29.7 Å². The molecule has 0 aromatic heterocycles. The van der Waals surface area contributed by atoms with Gasteiger partial charge in [0.05, 0.1) is 16.6 Å². The Morgan fingerprint density at radius 1 is 1.26 bits per heavy atom. The number of alkyl carbamates (subject to hydrolysis) is 2. The molecule has 0 spiro atoms. The smallest absolute Gasteiger partial charge is 0.408 e. The summed E-state index contributed by atoms with van der Waals surface area (Å²) in [5.41, 5.74) is 5.23. The van der Waals surface area contributed by atoms with Crippen molar-refractivity contribution in [2.45, 2.75) is 51.3 Å². The van der Waals surface area contributed by atoms with Gasteiger partial charge in [-0.3, -0.25) is 4.79 Å². The largest absolute Gasteiger partial charge is 0.447 e. The van der Waals surface area contributed by atoms with Crippen molar-refractivity contribution in [2.24, 2.45) is 5.73 Å². The Hall–Kier alpha value is -2.48. The van der Waals surface area contributed by atoms with Crippen molar-refractivity contribution < 1.29 is 23.9 Å². The molecule has 0 radical (unpaired) electrons. The molecule has 148 valence electrons. The Morgan fingerprint density at radius 3 is 2.48 bits per heavy atom. The van der Waals surface area contributed by atoms with E-state index < -0.39 is 29.7 Å². The van der Waals surface area contributed by atoms with Crippen LogP contribution in [0.1, 0.15) is 55.6 Å². The van der Waals surface area contributed by atoms with Gasteiger partial charge < -0.3 is 25.8 Å². The first-order chi connectivity index (χ1) is 12.5. The molecule has 0 saturated heterocycles. The molecular formula is C18H24ClN3O5. The topological polar surface area (TPSA) is 120 Å². The number of halogens is 1. The summed E-state index contributed by atoms with van der Waals surface area (Å²) in [5, 5.41) is 5.52. The van der Waals surface area contributed by atoms with E-state index in [1.807, 2.05) is 0 Å². The third kappa shape index (κ3) is 6.97. The predicted molar refractivity (Wildman–Crippen MR) is 99.6 cm³/mol. The van der Waals surface area contributed by atoms with Crippen LogP contribution in [0.5, 0.6) is 0 Å². The van der Waals surface area contributed by atoms with Crippen LogP contribution in [0.3, 0.4) is 0 Å². The monoisotopic (exact) mass is 397 g/mol. The number of carbonyl (C=O) groups is 3. The standard InChI is InChI=1S/C18H24ClN3O5/c1-18(2,3)27-17(25)22-14(9-26-16(24)21-11-5-6-11)10-4-7-13(19)12(8-10)15(20)23/h4,7-8,11,14H,5-6,9H2,1-3H3,(H2,20,23)(H,21,24)(H,22,25)/t14-/m1/s1. The summed E-state index contributed by atoms with van der Waals surface area (Å²) in [6.07, 6.45) is 0.591. The average molecular weight is 398 g/mol. The molecule has 3 amide bonds. The highest BCUT2D eigenvalue weighted by Gasteiger charge is 2.26. The van der Waals surface area contributed by atoms with Crippen LogP contribution in [0.2, 0.25) is 5.02 Å². The zero-order valence-corrected chi connectivity index (χ0v) is 16.3. The lowest BCUT2D eigenvalue weighted by Gasteiger charge is -2.24. The maximum atomic E-state index is 12.2. The molecule has 0 heterocycles. The second-order valence-electron chi connectivity index (χ2n) is 7.32. The van der Waals surface area contributed by atoms with Gasteiger partial charge in [-0.05, 0) is 51.3 Å². The van der Waals surface area contributed by atoms with Crippen molar-refractivity contribution in [1.29, 1.82) is 0 Å². The Bertz CT molecular complexity index is 728. The molecule has 1 saturated carbocycles. The van der Waals surface area contributed by atoms with Crippen molar-refractivity contribution in [2.75, 3.05) is 6.61 Å². The van der Waals surface area contributed by atoms with E-state index >= 15 is 0 Å². The first-order valence-electron chi connectivity index (χ1n) is 8.57. The number of nitrogens with two attached hydrogens (primary N) is 1. The van der Waals surface area contributed by atoms with E-state index in [2.05, 4.69) is 10.6 Å². The van der Waals surface area contributed by atoms with Crippen molar-refractivity contribution in [3.63, 3.8) is 0 Å². The van der Waals surface area contributed by atoms with E-state index in [0.717, 1.165) is 12.8 Å². The van der Waals surface area contributed by atoms with Gasteiger partial charge in [-0.25, -0.2) is 9.59 Å². The zero-order valence-electron chi connectivity index (χ0n) is 15.5. The van der Waals surface area contributed by atoms with E-state index in [9.17, 15) is 14.4 Å². The molecule has 1 aromatic rings. The van der Waals surface area contributed by atoms with Crippen LogP contribution >= 0.6 is 11.6 Å². The number of amides is 3. The molecule has 1 fully saturated rings. The second kappa shape index (κ2) is 8.47. The van der Waals surface area contributed by atoms with Gasteiger partial charge in [0.1, 0.15) is 12.2 Å². The van der Waals surface area contributed by atoms with Crippen molar-refractivity contribution in [1.82, 2.24) is 10.6 Å². The fourth-order valence-corrected chi connectivity index (χ4v) is 2.43. The van der Waals surface area contributed by atoms with Crippen LogP contribution in [-0.4, -0.2) is 36.3 Å². The molecule has 1 aromatic carbocycles.